The first kappa shape index (κ1) is 17.5. The summed E-state index contributed by atoms with van der Waals surface area (Å²) in [6.07, 6.45) is 4.05. The summed E-state index contributed by atoms with van der Waals surface area (Å²) in [6.45, 7) is 1.69. The SMILES string of the molecule is CCOC(=O)c1cc(=O)c2cc(F)c(F)c(F)c2n1C1CCCCC1. The fraction of sp³-hybridized carbons (Fsp3) is 0.444. The molecule has 0 atom stereocenters. The zero-order valence-corrected chi connectivity index (χ0v) is 13.8. The number of benzene rings is 1. The van der Waals surface area contributed by atoms with Gasteiger partial charge in [-0.2, -0.15) is 0 Å². The molecule has 4 nitrogen and oxygen atoms in total. The van der Waals surface area contributed by atoms with Crippen molar-refractivity contribution in [2.45, 2.75) is 45.1 Å². The monoisotopic (exact) mass is 353 g/mol. The van der Waals surface area contributed by atoms with Crippen LogP contribution < -0.4 is 5.43 Å². The summed E-state index contributed by atoms with van der Waals surface area (Å²) >= 11 is 0. The number of carbonyl (C=O) groups excluding carboxylic acids is 1. The fourth-order valence-electron chi connectivity index (χ4n) is 3.48. The van der Waals surface area contributed by atoms with Crippen LogP contribution in [0, 0.1) is 17.5 Å². The van der Waals surface area contributed by atoms with Crippen molar-refractivity contribution in [1.82, 2.24) is 4.57 Å². The number of carbonyl (C=O) groups is 1. The van der Waals surface area contributed by atoms with E-state index in [1.165, 1.54) is 4.57 Å². The van der Waals surface area contributed by atoms with Crippen LogP contribution >= 0.6 is 0 Å². The Morgan fingerprint density at radius 3 is 2.48 bits per heavy atom. The van der Waals surface area contributed by atoms with Gasteiger partial charge in [0.2, 0.25) is 0 Å². The van der Waals surface area contributed by atoms with Crippen molar-refractivity contribution in [3.8, 4) is 0 Å². The molecule has 0 saturated heterocycles. The van der Waals surface area contributed by atoms with E-state index < -0.39 is 28.8 Å². The lowest BCUT2D eigenvalue weighted by Gasteiger charge is -2.28. The van der Waals surface area contributed by atoms with Gasteiger partial charge < -0.3 is 9.30 Å². The van der Waals surface area contributed by atoms with Crippen LogP contribution in [0.25, 0.3) is 10.9 Å². The number of esters is 1. The molecule has 1 aliphatic carbocycles. The molecule has 2 aromatic rings. The van der Waals surface area contributed by atoms with Gasteiger partial charge in [0, 0.05) is 12.1 Å². The smallest absolute Gasteiger partial charge is 0.355 e. The summed E-state index contributed by atoms with van der Waals surface area (Å²) in [7, 11) is 0. The van der Waals surface area contributed by atoms with Crippen molar-refractivity contribution in [2.75, 3.05) is 6.61 Å². The van der Waals surface area contributed by atoms with Gasteiger partial charge in [-0.05, 0) is 25.8 Å². The molecule has 1 aromatic heterocycles. The molecule has 0 bridgehead atoms. The highest BCUT2D eigenvalue weighted by atomic mass is 19.2. The largest absolute Gasteiger partial charge is 0.461 e. The molecule has 0 radical (unpaired) electrons. The Morgan fingerprint density at radius 1 is 1.16 bits per heavy atom. The van der Waals surface area contributed by atoms with E-state index in [4.69, 9.17) is 4.74 Å². The second-order valence-electron chi connectivity index (χ2n) is 6.16. The van der Waals surface area contributed by atoms with Crippen molar-refractivity contribution in [3.63, 3.8) is 0 Å². The number of hydrogen-bond acceptors (Lipinski definition) is 3. The number of aromatic nitrogens is 1. The summed E-state index contributed by atoms with van der Waals surface area (Å²) in [5.41, 5.74) is -1.25. The number of pyridine rings is 1. The van der Waals surface area contributed by atoms with Gasteiger partial charge in [0.1, 0.15) is 5.69 Å². The highest BCUT2D eigenvalue weighted by Gasteiger charge is 2.27. The number of ether oxygens (including phenoxy) is 1. The second kappa shape index (κ2) is 6.90. The zero-order chi connectivity index (χ0) is 18.1. The third-order valence-electron chi connectivity index (χ3n) is 4.59. The Labute approximate surface area is 142 Å². The van der Waals surface area contributed by atoms with Gasteiger partial charge in [0.25, 0.3) is 0 Å². The molecule has 1 aliphatic rings. The molecular weight excluding hydrogens is 335 g/mol. The summed E-state index contributed by atoms with van der Waals surface area (Å²) in [6, 6.07) is 1.42. The predicted octanol–water partition coefficient (Wildman–Crippen LogP) is 4.10. The minimum absolute atomic E-state index is 0.0794. The highest BCUT2D eigenvalue weighted by Crippen LogP contribution is 2.33. The van der Waals surface area contributed by atoms with Crippen molar-refractivity contribution < 1.29 is 22.7 Å². The minimum Gasteiger partial charge on any atom is -0.461 e. The average molecular weight is 353 g/mol. The predicted molar refractivity (Wildman–Crippen MR) is 86.2 cm³/mol. The lowest BCUT2D eigenvalue weighted by atomic mass is 9.94. The van der Waals surface area contributed by atoms with Gasteiger partial charge in [-0.25, -0.2) is 18.0 Å². The van der Waals surface area contributed by atoms with Crippen molar-refractivity contribution in [1.29, 1.82) is 0 Å². The van der Waals surface area contributed by atoms with Crippen molar-refractivity contribution in [3.05, 3.63) is 45.5 Å². The third kappa shape index (κ3) is 3.03. The van der Waals surface area contributed by atoms with E-state index in [0.717, 1.165) is 25.3 Å². The highest BCUT2D eigenvalue weighted by molar-refractivity contribution is 5.92. The van der Waals surface area contributed by atoms with Crippen LogP contribution in [0.3, 0.4) is 0 Å². The average Bonchev–Trinajstić information content (AvgIpc) is 2.61. The van der Waals surface area contributed by atoms with E-state index in [9.17, 15) is 22.8 Å². The Kier molecular flexibility index (Phi) is 4.83. The first-order valence-corrected chi connectivity index (χ1v) is 8.35. The van der Waals surface area contributed by atoms with Crippen molar-refractivity contribution in [2.24, 2.45) is 0 Å². The Hall–Kier alpha value is -2.31. The maximum Gasteiger partial charge on any atom is 0.355 e. The maximum absolute atomic E-state index is 14.6. The number of fused-ring (bicyclic) bond motifs is 1. The van der Waals surface area contributed by atoms with Gasteiger partial charge in [0.15, 0.2) is 22.9 Å². The van der Waals surface area contributed by atoms with Crippen molar-refractivity contribution >= 4 is 16.9 Å². The normalized spacial score (nSPS) is 15.5. The lowest BCUT2D eigenvalue weighted by molar-refractivity contribution is 0.0509. The molecule has 1 aromatic carbocycles. The number of nitrogens with zero attached hydrogens (tertiary/aromatic N) is 1. The molecule has 7 heteroatoms. The molecule has 1 heterocycles. The number of hydrogen-bond donors (Lipinski definition) is 0. The fourth-order valence-corrected chi connectivity index (χ4v) is 3.48. The Balaban J connectivity index is 2.38. The molecule has 0 unspecified atom stereocenters. The molecule has 0 N–H and O–H groups in total. The van der Waals surface area contributed by atoms with Gasteiger partial charge in [-0.3, -0.25) is 4.79 Å². The molecule has 25 heavy (non-hydrogen) atoms. The van der Waals surface area contributed by atoms with E-state index in [0.29, 0.717) is 18.9 Å². The minimum atomic E-state index is -1.66. The number of halogens is 3. The van der Waals surface area contributed by atoms with Gasteiger partial charge in [-0.1, -0.05) is 19.3 Å². The number of rotatable bonds is 3. The molecule has 134 valence electrons. The molecule has 0 amide bonds. The summed E-state index contributed by atoms with van der Waals surface area (Å²) in [5, 5.41) is -0.282. The van der Waals surface area contributed by atoms with Gasteiger partial charge in [-0.15, -0.1) is 0 Å². The molecule has 0 aliphatic heterocycles. The molecule has 3 rings (SSSR count). The Bertz CT molecular complexity index is 885. The van der Waals surface area contributed by atoms with Crippen LogP contribution in [0.5, 0.6) is 0 Å². The van der Waals surface area contributed by atoms with E-state index in [2.05, 4.69) is 0 Å². The van der Waals surface area contributed by atoms with Crippen LogP contribution in [0.4, 0.5) is 13.2 Å². The first-order chi connectivity index (χ1) is 12.0. The summed E-state index contributed by atoms with van der Waals surface area (Å²) < 4.78 is 48.3. The Morgan fingerprint density at radius 2 is 1.84 bits per heavy atom. The van der Waals surface area contributed by atoms with Crippen LogP contribution in [-0.2, 0) is 4.74 Å². The van der Waals surface area contributed by atoms with Gasteiger partial charge in [0.05, 0.1) is 17.5 Å². The van der Waals surface area contributed by atoms with E-state index >= 15 is 0 Å². The van der Waals surface area contributed by atoms with Crippen LogP contribution in [0.1, 0.15) is 55.6 Å². The van der Waals surface area contributed by atoms with E-state index in [1.807, 2.05) is 0 Å². The maximum atomic E-state index is 14.6. The zero-order valence-electron chi connectivity index (χ0n) is 13.8. The lowest BCUT2D eigenvalue weighted by Crippen LogP contribution is -2.25. The van der Waals surface area contributed by atoms with E-state index in [1.54, 1.807) is 6.92 Å². The standard InChI is InChI=1S/C18H18F3NO3/c1-2-25-18(24)13-9-14(23)11-8-12(19)15(20)16(21)17(11)22(13)10-6-4-3-5-7-10/h8-10H,2-7H2,1H3. The summed E-state index contributed by atoms with van der Waals surface area (Å²) in [4.78, 5) is 24.6. The topological polar surface area (TPSA) is 48.3 Å². The molecule has 0 spiro atoms. The first-order valence-electron chi connectivity index (χ1n) is 8.35. The van der Waals surface area contributed by atoms with Gasteiger partial charge >= 0.3 is 5.97 Å². The third-order valence-corrected chi connectivity index (χ3v) is 4.59. The molecular formula is C18H18F3NO3. The quantitative estimate of drug-likeness (QED) is 0.617. The summed E-state index contributed by atoms with van der Waals surface area (Å²) in [5.74, 6) is -5.32. The van der Waals surface area contributed by atoms with E-state index in [-0.39, 0.29) is 29.2 Å². The van der Waals surface area contributed by atoms with Crippen LogP contribution in [0.2, 0.25) is 0 Å². The molecule has 1 fully saturated rings. The second-order valence-corrected chi connectivity index (χ2v) is 6.16. The molecule has 1 saturated carbocycles. The van der Waals surface area contributed by atoms with Crippen LogP contribution in [0.15, 0.2) is 16.9 Å². The van der Waals surface area contributed by atoms with Crippen LogP contribution in [-0.4, -0.2) is 17.1 Å².